The van der Waals surface area contributed by atoms with E-state index in [4.69, 9.17) is 18.7 Å². The number of ether oxygens (including phenoxy) is 3. The molecule has 1 aliphatic rings. The highest BCUT2D eigenvalue weighted by atomic mass is 19.1. The summed E-state index contributed by atoms with van der Waals surface area (Å²) >= 11 is 0. The summed E-state index contributed by atoms with van der Waals surface area (Å²) in [5.41, 5.74) is -0.446. The van der Waals surface area contributed by atoms with Gasteiger partial charge in [0.2, 0.25) is 11.8 Å². The van der Waals surface area contributed by atoms with Crippen molar-refractivity contribution in [1.29, 1.82) is 0 Å². The third-order valence-corrected chi connectivity index (χ3v) is 5.87. The maximum absolute atomic E-state index is 13.3. The molecule has 0 spiro atoms. The molecule has 0 saturated carbocycles. The Bertz CT molecular complexity index is 1150. The van der Waals surface area contributed by atoms with E-state index in [0.29, 0.717) is 11.3 Å². The number of nitrogens with zero attached hydrogens (tertiary/aromatic N) is 1. The van der Waals surface area contributed by atoms with Gasteiger partial charge in [0.15, 0.2) is 11.5 Å². The van der Waals surface area contributed by atoms with Crippen LogP contribution in [0, 0.1) is 12.7 Å². The minimum atomic E-state index is -1.21. The number of aromatic nitrogens is 1. The summed E-state index contributed by atoms with van der Waals surface area (Å²) in [6.45, 7) is 3.02. The first-order valence-corrected chi connectivity index (χ1v) is 11.8. The van der Waals surface area contributed by atoms with E-state index in [1.165, 1.54) is 44.6 Å². The van der Waals surface area contributed by atoms with Crippen molar-refractivity contribution in [3.05, 3.63) is 53.2 Å². The van der Waals surface area contributed by atoms with E-state index in [-0.39, 0.29) is 37.7 Å². The number of hydrogen-bond acceptors (Lipinski definition) is 9. The summed E-state index contributed by atoms with van der Waals surface area (Å²) in [7, 11) is 2.69. The van der Waals surface area contributed by atoms with Crippen molar-refractivity contribution in [2.45, 2.75) is 44.0 Å². The maximum atomic E-state index is 13.3. The molecule has 13 heteroatoms. The van der Waals surface area contributed by atoms with Crippen molar-refractivity contribution < 1.29 is 42.3 Å². The topological polar surface area (TPSA) is 161 Å². The van der Waals surface area contributed by atoms with Crippen molar-refractivity contribution in [3.8, 4) is 0 Å². The van der Waals surface area contributed by atoms with E-state index in [1.54, 1.807) is 13.8 Å². The summed E-state index contributed by atoms with van der Waals surface area (Å²) in [5, 5.41) is 11.3. The van der Waals surface area contributed by atoms with Crippen LogP contribution < -0.4 is 16.0 Å². The van der Waals surface area contributed by atoms with E-state index in [9.17, 15) is 23.6 Å². The van der Waals surface area contributed by atoms with Crippen LogP contribution in [0.15, 0.2) is 34.9 Å². The number of epoxide rings is 1. The molecule has 12 nitrogen and oxygen atoms in total. The van der Waals surface area contributed by atoms with Gasteiger partial charge >= 0.3 is 0 Å². The van der Waals surface area contributed by atoms with Crippen LogP contribution in [0.5, 0.6) is 0 Å². The Morgan fingerprint density at radius 3 is 2.05 bits per heavy atom. The van der Waals surface area contributed by atoms with Crippen molar-refractivity contribution in [3.63, 3.8) is 0 Å². The lowest BCUT2D eigenvalue weighted by molar-refractivity contribution is -0.134. The second-order valence-electron chi connectivity index (χ2n) is 9.10. The van der Waals surface area contributed by atoms with Gasteiger partial charge in [0, 0.05) is 20.3 Å². The van der Waals surface area contributed by atoms with E-state index in [0.717, 1.165) is 0 Å². The van der Waals surface area contributed by atoms with Gasteiger partial charge in [0.1, 0.15) is 29.3 Å². The molecule has 38 heavy (non-hydrogen) atoms. The van der Waals surface area contributed by atoms with Crippen LogP contribution in [0.25, 0.3) is 0 Å². The molecule has 2 unspecified atom stereocenters. The average Bonchev–Trinajstić information content (AvgIpc) is 3.49. The van der Waals surface area contributed by atoms with Crippen LogP contribution in [-0.2, 0) is 35.0 Å². The third kappa shape index (κ3) is 7.66. The third-order valence-electron chi connectivity index (χ3n) is 5.87. The number of carbonyl (C=O) groups is 4. The minimum Gasteiger partial charge on any atom is -0.382 e. The molecule has 3 rings (SSSR count). The highest BCUT2D eigenvalue weighted by molar-refractivity contribution is 5.99. The Kier molecular flexibility index (Phi) is 9.66. The number of aryl methyl sites for hydroxylation is 1. The molecule has 2 aromatic rings. The van der Waals surface area contributed by atoms with Crippen LogP contribution in [0.4, 0.5) is 4.39 Å². The Morgan fingerprint density at radius 1 is 1.00 bits per heavy atom. The van der Waals surface area contributed by atoms with Gasteiger partial charge in [0.25, 0.3) is 5.91 Å². The summed E-state index contributed by atoms with van der Waals surface area (Å²) in [6.07, 6.45) is 0.0803. The molecule has 3 amide bonds. The fraction of sp³-hybridized carbons (Fsp3) is 0.480. The van der Waals surface area contributed by atoms with Crippen LogP contribution in [0.1, 0.15) is 28.7 Å². The Hall–Kier alpha value is -3.68. The second-order valence-corrected chi connectivity index (χ2v) is 9.10. The van der Waals surface area contributed by atoms with Gasteiger partial charge < -0.3 is 34.7 Å². The summed E-state index contributed by atoms with van der Waals surface area (Å²) in [6, 6.07) is 3.55. The first-order valence-electron chi connectivity index (χ1n) is 11.8. The first kappa shape index (κ1) is 28.9. The number of amides is 3. The number of nitrogens with one attached hydrogen (secondary N) is 3. The zero-order valence-corrected chi connectivity index (χ0v) is 21.5. The lowest BCUT2D eigenvalue weighted by Gasteiger charge is -2.25. The summed E-state index contributed by atoms with van der Waals surface area (Å²) in [4.78, 5) is 51.7. The maximum Gasteiger partial charge on any atom is 0.274 e. The number of methoxy groups -OCH3 is 2. The van der Waals surface area contributed by atoms with Crippen molar-refractivity contribution in [2.75, 3.05) is 34.0 Å². The van der Waals surface area contributed by atoms with Crippen molar-refractivity contribution in [2.24, 2.45) is 0 Å². The first-order chi connectivity index (χ1) is 18.1. The molecule has 1 aromatic carbocycles. The average molecular weight is 535 g/mol. The fourth-order valence-electron chi connectivity index (χ4n) is 3.63. The highest BCUT2D eigenvalue weighted by Crippen LogP contribution is 2.29. The molecule has 0 radical (unpaired) electrons. The van der Waals surface area contributed by atoms with Crippen molar-refractivity contribution in [1.82, 2.24) is 21.1 Å². The molecule has 206 valence electrons. The molecule has 1 saturated heterocycles. The normalized spacial score (nSPS) is 18.7. The molecule has 2 heterocycles. The Balaban J connectivity index is 1.71. The monoisotopic (exact) mass is 534 g/mol. The van der Waals surface area contributed by atoms with E-state index in [1.807, 2.05) is 0 Å². The van der Waals surface area contributed by atoms with Gasteiger partial charge in [-0.25, -0.2) is 4.39 Å². The molecule has 3 N–H and O–H groups in total. The molecule has 1 aliphatic heterocycles. The van der Waals surface area contributed by atoms with E-state index >= 15 is 0 Å². The highest BCUT2D eigenvalue weighted by Gasteiger charge is 2.50. The number of Topliss-reactive ketones (excluding diaryl/α,β-unsaturated/α-hetero) is 1. The lowest BCUT2D eigenvalue weighted by atomic mass is 9.94. The van der Waals surface area contributed by atoms with Crippen LogP contribution >= 0.6 is 0 Å². The molecule has 0 aliphatic carbocycles. The predicted octanol–water partition coefficient (Wildman–Crippen LogP) is 0.0836. The number of halogens is 1. The summed E-state index contributed by atoms with van der Waals surface area (Å²) < 4.78 is 33.6. The number of carbonyl (C=O) groups excluding carboxylic acids is 4. The predicted molar refractivity (Wildman–Crippen MR) is 130 cm³/mol. The quantitative estimate of drug-likeness (QED) is 0.285. The summed E-state index contributed by atoms with van der Waals surface area (Å²) in [5.74, 6) is -2.47. The van der Waals surface area contributed by atoms with Gasteiger partial charge in [-0.3, -0.25) is 19.2 Å². The van der Waals surface area contributed by atoms with Crippen LogP contribution in [0.3, 0.4) is 0 Å². The van der Waals surface area contributed by atoms with Crippen LogP contribution in [0.2, 0.25) is 0 Å². The smallest absolute Gasteiger partial charge is 0.274 e. The van der Waals surface area contributed by atoms with Gasteiger partial charge in [-0.2, -0.15) is 0 Å². The largest absolute Gasteiger partial charge is 0.382 e. The van der Waals surface area contributed by atoms with E-state index < -0.39 is 47.3 Å². The SMILES string of the molecule is COCC(NC(=O)c1cc(C)on1)C(=O)N[C@@H](COC)C(=O)NC(Cc1ccc(F)cc1)C(=O)[C@@]1(C)CO1. The number of hydrogen-bond donors (Lipinski definition) is 3. The Labute approximate surface area is 218 Å². The van der Waals surface area contributed by atoms with Gasteiger partial charge in [-0.15, -0.1) is 0 Å². The van der Waals surface area contributed by atoms with Crippen molar-refractivity contribution >= 4 is 23.5 Å². The molecular formula is C25H31FN4O8. The minimum absolute atomic E-state index is 0.0273. The zero-order valence-electron chi connectivity index (χ0n) is 21.5. The van der Waals surface area contributed by atoms with Gasteiger partial charge in [-0.05, 0) is 38.0 Å². The zero-order chi connectivity index (χ0) is 27.9. The number of rotatable bonds is 14. The second kappa shape index (κ2) is 12.7. The Morgan fingerprint density at radius 2 is 1.55 bits per heavy atom. The molecule has 4 atom stereocenters. The van der Waals surface area contributed by atoms with Gasteiger partial charge in [-0.1, -0.05) is 17.3 Å². The number of ketones is 1. The number of benzene rings is 1. The lowest BCUT2D eigenvalue weighted by Crippen LogP contribution is -2.59. The standard InChI is InChI=1S/C25H31FN4O8/c1-14-9-18(30-38-14)22(32)28-20(12-36-4)24(34)29-19(11-35-3)23(33)27-17(21(31)25(2)13-37-25)10-15-5-7-16(26)8-6-15/h5-9,17,19-20H,10-13H2,1-4H3,(H,27,33)(H,28,32)(H,29,34)/t17?,19-,20?,25+/m0/s1. The molecular weight excluding hydrogens is 503 g/mol. The van der Waals surface area contributed by atoms with E-state index in [2.05, 4.69) is 21.1 Å². The molecule has 1 aromatic heterocycles. The van der Waals surface area contributed by atoms with Gasteiger partial charge in [0.05, 0.1) is 25.9 Å². The molecule has 1 fully saturated rings. The fourth-order valence-corrected chi connectivity index (χ4v) is 3.63. The van der Waals surface area contributed by atoms with Crippen LogP contribution in [-0.4, -0.2) is 86.4 Å². The molecule has 0 bridgehead atoms.